The Labute approximate surface area is 132 Å². The number of rotatable bonds is 5. The smallest absolute Gasteiger partial charge is 0.182 e. The molecule has 0 radical (unpaired) electrons. The largest absolute Gasteiger partial charge is 0.389 e. The highest BCUT2D eigenvalue weighted by Gasteiger charge is 2.16. The molecule has 2 rings (SSSR count). The molecule has 1 unspecified atom stereocenters. The number of halogens is 2. The van der Waals surface area contributed by atoms with Crippen LogP contribution in [-0.2, 0) is 6.42 Å². The van der Waals surface area contributed by atoms with Gasteiger partial charge in [0.2, 0.25) is 0 Å². The lowest BCUT2D eigenvalue weighted by Crippen LogP contribution is -2.20. The molecule has 0 aliphatic carbocycles. The number of nitrogens with two attached hydrogens (primary N) is 1. The van der Waals surface area contributed by atoms with Crippen LogP contribution < -0.4 is 11.1 Å². The molecule has 2 nitrogen and oxygen atoms in total. The van der Waals surface area contributed by atoms with E-state index in [0.29, 0.717) is 0 Å². The van der Waals surface area contributed by atoms with Gasteiger partial charge < -0.3 is 11.1 Å². The van der Waals surface area contributed by atoms with Crippen molar-refractivity contribution < 1.29 is 8.78 Å². The van der Waals surface area contributed by atoms with Gasteiger partial charge in [0.05, 0.1) is 5.69 Å². The normalized spacial score (nSPS) is 12.2. The lowest BCUT2D eigenvalue weighted by atomic mass is 10.1. The third-order valence-electron chi connectivity index (χ3n) is 3.05. The Morgan fingerprint density at radius 1 is 1.29 bits per heavy atom. The maximum atomic E-state index is 14.0. The van der Waals surface area contributed by atoms with Crippen LogP contribution in [-0.4, -0.2) is 11.0 Å². The maximum Gasteiger partial charge on any atom is 0.182 e. The van der Waals surface area contributed by atoms with Crippen molar-refractivity contribution in [3.05, 3.63) is 51.2 Å². The van der Waals surface area contributed by atoms with Crippen molar-refractivity contribution in [1.82, 2.24) is 0 Å². The van der Waals surface area contributed by atoms with Gasteiger partial charge in [-0.1, -0.05) is 12.2 Å². The van der Waals surface area contributed by atoms with E-state index < -0.39 is 11.6 Å². The van der Waals surface area contributed by atoms with E-state index in [1.807, 2.05) is 26.0 Å². The van der Waals surface area contributed by atoms with Crippen molar-refractivity contribution in [3.8, 4) is 0 Å². The van der Waals surface area contributed by atoms with Gasteiger partial charge in [-0.25, -0.2) is 8.78 Å². The molecule has 0 saturated heterocycles. The quantitative estimate of drug-likeness (QED) is 0.815. The maximum absolute atomic E-state index is 14.0. The van der Waals surface area contributed by atoms with Crippen molar-refractivity contribution in [2.75, 3.05) is 5.32 Å². The molecule has 0 aliphatic heterocycles. The number of thiocarbonyl (C=S) groups is 1. The van der Waals surface area contributed by atoms with E-state index in [9.17, 15) is 8.78 Å². The summed E-state index contributed by atoms with van der Waals surface area (Å²) < 4.78 is 27.8. The molecule has 112 valence electrons. The zero-order valence-electron chi connectivity index (χ0n) is 11.7. The molecular formula is C15H16F2N2S2. The summed E-state index contributed by atoms with van der Waals surface area (Å²) in [7, 11) is 0. The predicted octanol–water partition coefficient (Wildman–Crippen LogP) is 4.01. The summed E-state index contributed by atoms with van der Waals surface area (Å²) in [5.74, 6) is -1.96. The number of anilines is 1. The van der Waals surface area contributed by atoms with E-state index in [4.69, 9.17) is 5.73 Å². The van der Waals surface area contributed by atoms with E-state index in [2.05, 4.69) is 17.5 Å². The van der Waals surface area contributed by atoms with Gasteiger partial charge in [0.25, 0.3) is 0 Å². The Hall–Kier alpha value is -1.53. The molecule has 0 saturated carbocycles. The summed E-state index contributed by atoms with van der Waals surface area (Å²) in [6.07, 6.45) is 0.747. The van der Waals surface area contributed by atoms with E-state index in [1.165, 1.54) is 21.9 Å². The SMILES string of the molecule is Cc1ccc(CC(C)Nc2ccc(C(N)=S)c(F)c2F)s1. The van der Waals surface area contributed by atoms with Gasteiger partial charge in [0.15, 0.2) is 11.6 Å². The molecule has 1 aromatic carbocycles. The van der Waals surface area contributed by atoms with Crippen LogP contribution in [0.25, 0.3) is 0 Å². The van der Waals surface area contributed by atoms with Gasteiger partial charge in [-0.3, -0.25) is 0 Å². The van der Waals surface area contributed by atoms with Crippen LogP contribution >= 0.6 is 23.6 Å². The summed E-state index contributed by atoms with van der Waals surface area (Å²) in [5, 5.41) is 2.98. The molecule has 1 heterocycles. The van der Waals surface area contributed by atoms with Crippen LogP contribution in [0.5, 0.6) is 0 Å². The first-order chi connectivity index (χ1) is 9.88. The lowest BCUT2D eigenvalue weighted by molar-refractivity contribution is 0.508. The molecule has 0 bridgehead atoms. The second-order valence-corrected chi connectivity index (χ2v) is 6.73. The average molecular weight is 326 g/mol. The van der Waals surface area contributed by atoms with Gasteiger partial charge in [-0.05, 0) is 38.1 Å². The molecule has 0 amide bonds. The predicted molar refractivity (Wildman–Crippen MR) is 88.1 cm³/mol. The topological polar surface area (TPSA) is 38.0 Å². The fourth-order valence-electron chi connectivity index (χ4n) is 2.06. The Kier molecular flexibility index (Phi) is 4.90. The number of thiophene rings is 1. The number of benzene rings is 1. The zero-order valence-corrected chi connectivity index (χ0v) is 13.4. The van der Waals surface area contributed by atoms with Crippen molar-refractivity contribution in [2.24, 2.45) is 5.73 Å². The van der Waals surface area contributed by atoms with Gasteiger partial charge in [-0.15, -0.1) is 11.3 Å². The standard InChI is InChI=1S/C15H16F2N2S2/c1-8(7-10-4-3-9(2)21-10)19-12-6-5-11(15(18)20)13(16)14(12)17/h3-6,8,19H,7H2,1-2H3,(H2,18,20). The third-order valence-corrected chi connectivity index (χ3v) is 4.30. The fourth-order valence-corrected chi connectivity index (χ4v) is 3.24. The summed E-state index contributed by atoms with van der Waals surface area (Å²) >= 11 is 6.38. The molecule has 1 atom stereocenters. The highest BCUT2D eigenvalue weighted by atomic mass is 32.1. The van der Waals surface area contributed by atoms with E-state index in [0.717, 1.165) is 6.42 Å². The van der Waals surface area contributed by atoms with Crippen LogP contribution in [0.15, 0.2) is 24.3 Å². The molecule has 21 heavy (non-hydrogen) atoms. The zero-order chi connectivity index (χ0) is 15.6. The lowest BCUT2D eigenvalue weighted by Gasteiger charge is -2.16. The van der Waals surface area contributed by atoms with Gasteiger partial charge in [-0.2, -0.15) is 0 Å². The molecule has 1 aromatic heterocycles. The summed E-state index contributed by atoms with van der Waals surface area (Å²) in [5.41, 5.74) is 5.39. The van der Waals surface area contributed by atoms with Crippen molar-refractivity contribution in [2.45, 2.75) is 26.3 Å². The van der Waals surface area contributed by atoms with Crippen molar-refractivity contribution >= 4 is 34.2 Å². The molecule has 3 N–H and O–H groups in total. The Balaban J connectivity index is 2.12. The molecule has 2 aromatic rings. The Bertz CT molecular complexity index is 668. The minimum absolute atomic E-state index is 0.0207. The van der Waals surface area contributed by atoms with Gasteiger partial charge in [0, 0.05) is 27.8 Å². The van der Waals surface area contributed by atoms with Crippen LogP contribution in [0.4, 0.5) is 14.5 Å². The van der Waals surface area contributed by atoms with Gasteiger partial charge in [0.1, 0.15) is 4.99 Å². The first-order valence-electron chi connectivity index (χ1n) is 6.48. The van der Waals surface area contributed by atoms with Crippen molar-refractivity contribution in [3.63, 3.8) is 0 Å². The monoisotopic (exact) mass is 326 g/mol. The average Bonchev–Trinajstić information content (AvgIpc) is 2.80. The van der Waals surface area contributed by atoms with E-state index >= 15 is 0 Å². The molecule has 0 spiro atoms. The van der Waals surface area contributed by atoms with Crippen molar-refractivity contribution in [1.29, 1.82) is 0 Å². The summed E-state index contributed by atoms with van der Waals surface area (Å²) in [4.78, 5) is 2.28. The second kappa shape index (κ2) is 6.49. The summed E-state index contributed by atoms with van der Waals surface area (Å²) in [6, 6.07) is 6.93. The first kappa shape index (κ1) is 15.9. The van der Waals surface area contributed by atoms with Crippen LogP contribution in [0.3, 0.4) is 0 Å². The molecule has 0 aliphatic rings. The minimum atomic E-state index is -1.01. The number of aryl methyl sites for hydroxylation is 1. The van der Waals surface area contributed by atoms with Crippen LogP contribution in [0.2, 0.25) is 0 Å². The Morgan fingerprint density at radius 2 is 2.00 bits per heavy atom. The summed E-state index contributed by atoms with van der Waals surface area (Å²) in [6.45, 7) is 3.96. The fraction of sp³-hybridized carbons (Fsp3) is 0.267. The minimum Gasteiger partial charge on any atom is -0.389 e. The van der Waals surface area contributed by atoms with Crippen LogP contribution in [0, 0.1) is 18.6 Å². The molecule has 6 heteroatoms. The van der Waals surface area contributed by atoms with E-state index in [1.54, 1.807) is 11.3 Å². The molecular weight excluding hydrogens is 310 g/mol. The highest BCUT2D eigenvalue weighted by Crippen LogP contribution is 2.23. The van der Waals surface area contributed by atoms with Crippen LogP contribution in [0.1, 0.15) is 22.2 Å². The number of hydrogen-bond donors (Lipinski definition) is 2. The van der Waals surface area contributed by atoms with E-state index in [-0.39, 0.29) is 22.3 Å². The number of hydrogen-bond acceptors (Lipinski definition) is 3. The number of nitrogens with one attached hydrogen (secondary N) is 1. The highest BCUT2D eigenvalue weighted by molar-refractivity contribution is 7.80. The third kappa shape index (κ3) is 3.77. The molecule has 0 fully saturated rings. The first-order valence-corrected chi connectivity index (χ1v) is 7.70. The Morgan fingerprint density at radius 3 is 2.57 bits per heavy atom. The van der Waals surface area contributed by atoms with Gasteiger partial charge >= 0.3 is 0 Å². The second-order valence-electron chi connectivity index (χ2n) is 4.91.